The van der Waals surface area contributed by atoms with Gasteiger partial charge in [0.1, 0.15) is 5.82 Å². The van der Waals surface area contributed by atoms with Gasteiger partial charge < -0.3 is 10.6 Å². The predicted octanol–water partition coefficient (Wildman–Crippen LogP) is 3.52. The molecule has 0 bridgehead atoms. The van der Waals surface area contributed by atoms with E-state index in [4.69, 9.17) is 5.73 Å². The van der Waals surface area contributed by atoms with Crippen molar-refractivity contribution in [3.8, 4) is 0 Å². The molecule has 1 aliphatic rings. The maximum absolute atomic E-state index is 13.2. The van der Waals surface area contributed by atoms with Crippen LogP contribution in [0.2, 0.25) is 0 Å². The average Bonchev–Trinajstić information content (AvgIpc) is 2.81. The molecule has 2 N–H and O–H groups in total. The van der Waals surface area contributed by atoms with Crippen LogP contribution < -0.4 is 10.6 Å². The molecule has 2 aromatic carbocycles. The number of anilines is 2. The Bertz CT molecular complexity index is 745. The molecule has 0 spiro atoms. The molecule has 3 nitrogen and oxygen atoms in total. The number of fused-ring (bicyclic) bond motifs is 1. The summed E-state index contributed by atoms with van der Waals surface area (Å²) in [4.78, 5) is 14.4. The lowest BCUT2D eigenvalue weighted by molar-refractivity contribution is 0.0988. The fourth-order valence-electron chi connectivity index (χ4n) is 2.60. The van der Waals surface area contributed by atoms with Crippen LogP contribution in [-0.2, 0) is 6.42 Å². The Balaban J connectivity index is 2.00. The molecule has 5 heteroatoms. The highest BCUT2D eigenvalue weighted by atomic mass is 127. The molecule has 1 amide bonds. The highest BCUT2D eigenvalue weighted by Gasteiger charge is 2.27. The molecule has 0 aliphatic carbocycles. The molecule has 0 atom stereocenters. The summed E-state index contributed by atoms with van der Waals surface area (Å²) in [7, 11) is 0. The number of amides is 1. The minimum atomic E-state index is -0.336. The number of nitrogens with two attached hydrogens (primary N) is 1. The smallest absolute Gasteiger partial charge is 0.259 e. The number of halogens is 2. The number of hydrogen-bond donors (Lipinski definition) is 1. The molecule has 0 saturated heterocycles. The standard InChI is InChI=1S/C16H14FIN2O/c1-9-6-10-4-5-20(15(10)8-14(9)19)16(21)12-3-2-11(17)7-13(12)18/h2-3,6-8H,4-5,19H2,1H3. The number of hydrogen-bond acceptors (Lipinski definition) is 2. The third-order valence-corrected chi connectivity index (χ3v) is 4.66. The van der Waals surface area contributed by atoms with Crippen molar-refractivity contribution >= 4 is 39.9 Å². The quantitative estimate of drug-likeness (QED) is 0.593. The second-order valence-electron chi connectivity index (χ2n) is 5.17. The number of benzene rings is 2. The molecular weight excluding hydrogens is 382 g/mol. The zero-order chi connectivity index (χ0) is 15.1. The summed E-state index contributed by atoms with van der Waals surface area (Å²) in [6.07, 6.45) is 0.819. The van der Waals surface area contributed by atoms with Gasteiger partial charge in [-0.05, 0) is 71.3 Å². The van der Waals surface area contributed by atoms with Gasteiger partial charge in [-0.15, -0.1) is 0 Å². The molecule has 1 heterocycles. The minimum absolute atomic E-state index is 0.110. The maximum Gasteiger partial charge on any atom is 0.259 e. The van der Waals surface area contributed by atoms with Gasteiger partial charge in [0, 0.05) is 21.5 Å². The van der Waals surface area contributed by atoms with Gasteiger partial charge in [0.25, 0.3) is 5.91 Å². The van der Waals surface area contributed by atoms with Crippen LogP contribution in [0.25, 0.3) is 0 Å². The van der Waals surface area contributed by atoms with Crippen LogP contribution >= 0.6 is 22.6 Å². The van der Waals surface area contributed by atoms with E-state index in [1.165, 1.54) is 18.2 Å². The lowest BCUT2D eigenvalue weighted by atomic mass is 10.1. The summed E-state index contributed by atoms with van der Waals surface area (Å²) in [6.45, 7) is 2.59. The first-order valence-corrected chi connectivity index (χ1v) is 7.71. The normalized spacial score (nSPS) is 13.4. The molecule has 0 radical (unpaired) electrons. The van der Waals surface area contributed by atoms with Gasteiger partial charge in [-0.25, -0.2) is 4.39 Å². The average molecular weight is 396 g/mol. The summed E-state index contributed by atoms with van der Waals surface area (Å²) in [5, 5.41) is 0. The molecule has 3 rings (SSSR count). The largest absolute Gasteiger partial charge is 0.398 e. The van der Waals surface area contributed by atoms with Crippen molar-refractivity contribution in [3.05, 3.63) is 56.4 Å². The number of carbonyl (C=O) groups is 1. The second-order valence-corrected chi connectivity index (χ2v) is 6.33. The van der Waals surface area contributed by atoms with Crippen molar-refractivity contribution in [1.82, 2.24) is 0 Å². The number of rotatable bonds is 1. The third-order valence-electron chi connectivity index (χ3n) is 3.77. The Morgan fingerprint density at radius 1 is 1.33 bits per heavy atom. The topological polar surface area (TPSA) is 46.3 Å². The van der Waals surface area contributed by atoms with Gasteiger partial charge in [-0.3, -0.25) is 4.79 Å². The summed E-state index contributed by atoms with van der Waals surface area (Å²) < 4.78 is 13.8. The van der Waals surface area contributed by atoms with Crippen LogP contribution in [0.3, 0.4) is 0 Å². The van der Waals surface area contributed by atoms with Gasteiger partial charge in [-0.2, -0.15) is 0 Å². The second kappa shape index (κ2) is 5.29. The van der Waals surface area contributed by atoms with Crippen molar-refractivity contribution in [3.63, 3.8) is 0 Å². The van der Waals surface area contributed by atoms with E-state index < -0.39 is 0 Å². The van der Waals surface area contributed by atoms with Gasteiger partial charge in [0.05, 0.1) is 5.56 Å². The van der Waals surface area contributed by atoms with Crippen molar-refractivity contribution in [2.75, 3.05) is 17.2 Å². The molecule has 0 saturated carbocycles. The van der Waals surface area contributed by atoms with Gasteiger partial charge in [0.15, 0.2) is 0 Å². The Kier molecular flexibility index (Phi) is 3.61. The number of nitrogen functional groups attached to an aromatic ring is 1. The molecule has 2 aromatic rings. The maximum atomic E-state index is 13.2. The van der Waals surface area contributed by atoms with Gasteiger partial charge in [0.2, 0.25) is 0 Å². The minimum Gasteiger partial charge on any atom is -0.398 e. The third kappa shape index (κ3) is 2.50. The molecule has 21 heavy (non-hydrogen) atoms. The van der Waals surface area contributed by atoms with Crippen molar-refractivity contribution in [2.24, 2.45) is 0 Å². The molecule has 0 unspecified atom stereocenters. The predicted molar refractivity (Wildman–Crippen MR) is 90.1 cm³/mol. The zero-order valence-electron chi connectivity index (χ0n) is 11.5. The fraction of sp³-hybridized carbons (Fsp3) is 0.188. The Hall–Kier alpha value is -1.63. The van der Waals surface area contributed by atoms with Gasteiger partial charge in [-0.1, -0.05) is 6.07 Å². The monoisotopic (exact) mass is 396 g/mol. The first kappa shape index (κ1) is 14.3. The molecular formula is C16H14FIN2O. The van der Waals surface area contributed by atoms with Crippen LogP contribution in [0.1, 0.15) is 21.5 Å². The number of aryl methyl sites for hydroxylation is 1. The summed E-state index contributed by atoms with van der Waals surface area (Å²) in [5.74, 6) is -0.445. The molecule has 0 fully saturated rings. The van der Waals surface area contributed by atoms with E-state index in [9.17, 15) is 9.18 Å². The van der Waals surface area contributed by atoms with Crippen LogP contribution in [0.4, 0.5) is 15.8 Å². The summed E-state index contributed by atoms with van der Waals surface area (Å²) >= 11 is 1.99. The Morgan fingerprint density at radius 2 is 2.10 bits per heavy atom. The van der Waals surface area contributed by atoms with E-state index in [-0.39, 0.29) is 11.7 Å². The van der Waals surface area contributed by atoms with E-state index in [2.05, 4.69) is 0 Å². The number of carbonyl (C=O) groups excluding carboxylic acids is 1. The Morgan fingerprint density at radius 3 is 2.81 bits per heavy atom. The van der Waals surface area contributed by atoms with Gasteiger partial charge >= 0.3 is 0 Å². The van der Waals surface area contributed by atoms with Crippen molar-refractivity contribution in [1.29, 1.82) is 0 Å². The number of nitrogens with zero attached hydrogens (tertiary/aromatic N) is 1. The highest BCUT2D eigenvalue weighted by molar-refractivity contribution is 14.1. The molecule has 1 aliphatic heterocycles. The zero-order valence-corrected chi connectivity index (χ0v) is 13.6. The van der Waals surface area contributed by atoms with Crippen molar-refractivity contribution in [2.45, 2.75) is 13.3 Å². The van der Waals surface area contributed by atoms with Crippen LogP contribution in [0.15, 0.2) is 30.3 Å². The van der Waals surface area contributed by atoms with Crippen molar-refractivity contribution < 1.29 is 9.18 Å². The summed E-state index contributed by atoms with van der Waals surface area (Å²) in [6, 6.07) is 8.11. The first-order chi connectivity index (χ1) is 9.97. The summed E-state index contributed by atoms with van der Waals surface area (Å²) in [5.41, 5.74) is 10.2. The van der Waals surface area contributed by atoms with Crippen LogP contribution in [0.5, 0.6) is 0 Å². The van der Waals surface area contributed by atoms with E-state index in [0.717, 1.165) is 23.2 Å². The van der Waals surface area contributed by atoms with E-state index in [0.29, 0.717) is 21.4 Å². The highest BCUT2D eigenvalue weighted by Crippen LogP contribution is 2.33. The van der Waals surface area contributed by atoms with Crippen LogP contribution in [0, 0.1) is 16.3 Å². The van der Waals surface area contributed by atoms with Crippen LogP contribution in [-0.4, -0.2) is 12.5 Å². The fourth-order valence-corrected chi connectivity index (χ4v) is 3.30. The lowest BCUT2D eigenvalue weighted by Crippen LogP contribution is -2.29. The van der Waals surface area contributed by atoms with E-state index in [1.54, 1.807) is 4.90 Å². The molecule has 0 aromatic heterocycles. The first-order valence-electron chi connectivity index (χ1n) is 6.63. The SMILES string of the molecule is Cc1cc2c(cc1N)N(C(=O)c1ccc(F)cc1I)CC2. The van der Waals surface area contributed by atoms with E-state index >= 15 is 0 Å². The Labute approximate surface area is 136 Å². The lowest BCUT2D eigenvalue weighted by Gasteiger charge is -2.19. The molecule has 108 valence electrons. The van der Waals surface area contributed by atoms with E-state index in [1.807, 2.05) is 41.6 Å².